The lowest BCUT2D eigenvalue weighted by Gasteiger charge is -2.09. The van der Waals surface area contributed by atoms with Gasteiger partial charge in [-0.1, -0.05) is 24.3 Å². The molecule has 0 radical (unpaired) electrons. The first-order chi connectivity index (χ1) is 9.86. The SMILES string of the molecule is COc1ccccc1-c1ccc2nc3n(c2c1)CCC3. The van der Waals surface area contributed by atoms with Crippen molar-refractivity contribution in [3.63, 3.8) is 0 Å². The maximum atomic E-state index is 5.46. The Balaban J connectivity index is 1.92. The standard InChI is InChI=1S/C17H16N2O/c1-20-16-6-3-2-5-13(16)12-8-9-14-15(11-12)19-10-4-7-17(19)18-14/h2-3,5-6,8-9,11H,4,7,10H2,1H3. The Kier molecular flexibility index (Phi) is 2.52. The number of imidazole rings is 1. The van der Waals surface area contributed by atoms with E-state index in [1.165, 1.54) is 23.3 Å². The highest BCUT2D eigenvalue weighted by Crippen LogP contribution is 2.32. The summed E-state index contributed by atoms with van der Waals surface area (Å²) in [5.74, 6) is 2.13. The molecular formula is C17H16N2O. The van der Waals surface area contributed by atoms with Gasteiger partial charge in [0.25, 0.3) is 0 Å². The molecule has 1 aliphatic rings. The van der Waals surface area contributed by atoms with Gasteiger partial charge in [-0.3, -0.25) is 0 Å². The molecule has 100 valence electrons. The lowest BCUT2D eigenvalue weighted by molar-refractivity contribution is 0.416. The van der Waals surface area contributed by atoms with Crippen LogP contribution in [0.3, 0.4) is 0 Å². The molecule has 1 aliphatic heterocycles. The zero-order valence-corrected chi connectivity index (χ0v) is 11.5. The number of ether oxygens (including phenoxy) is 1. The lowest BCUT2D eigenvalue weighted by Crippen LogP contribution is -1.92. The molecule has 0 unspecified atom stereocenters. The number of hydrogen-bond acceptors (Lipinski definition) is 2. The van der Waals surface area contributed by atoms with Crippen LogP contribution in [0.2, 0.25) is 0 Å². The fraction of sp³-hybridized carbons (Fsp3) is 0.235. The van der Waals surface area contributed by atoms with Crippen molar-refractivity contribution >= 4 is 11.0 Å². The summed E-state index contributed by atoms with van der Waals surface area (Å²) in [5, 5.41) is 0. The summed E-state index contributed by atoms with van der Waals surface area (Å²) in [6, 6.07) is 14.6. The van der Waals surface area contributed by atoms with Gasteiger partial charge in [0.2, 0.25) is 0 Å². The van der Waals surface area contributed by atoms with Gasteiger partial charge in [-0.15, -0.1) is 0 Å². The molecular weight excluding hydrogens is 248 g/mol. The molecule has 2 heterocycles. The molecule has 0 spiro atoms. The number of nitrogens with zero attached hydrogens (tertiary/aromatic N) is 2. The summed E-state index contributed by atoms with van der Waals surface area (Å²) in [6.07, 6.45) is 2.30. The van der Waals surface area contributed by atoms with Gasteiger partial charge in [-0.25, -0.2) is 4.98 Å². The van der Waals surface area contributed by atoms with E-state index < -0.39 is 0 Å². The first-order valence-corrected chi connectivity index (χ1v) is 6.99. The van der Waals surface area contributed by atoms with Crippen molar-refractivity contribution in [1.29, 1.82) is 0 Å². The molecule has 0 fully saturated rings. The summed E-state index contributed by atoms with van der Waals surface area (Å²) in [7, 11) is 1.72. The molecule has 0 saturated carbocycles. The first kappa shape index (κ1) is 11.5. The monoisotopic (exact) mass is 264 g/mol. The van der Waals surface area contributed by atoms with Crippen molar-refractivity contribution in [3.8, 4) is 16.9 Å². The Bertz CT molecular complexity index is 789. The van der Waals surface area contributed by atoms with Gasteiger partial charge in [0.15, 0.2) is 0 Å². The van der Waals surface area contributed by atoms with Crippen LogP contribution in [0.25, 0.3) is 22.2 Å². The highest BCUT2D eigenvalue weighted by molar-refractivity contribution is 5.84. The second-order valence-electron chi connectivity index (χ2n) is 5.19. The molecule has 3 aromatic rings. The van der Waals surface area contributed by atoms with Crippen LogP contribution in [0.15, 0.2) is 42.5 Å². The second kappa shape index (κ2) is 4.37. The Morgan fingerprint density at radius 3 is 2.95 bits per heavy atom. The van der Waals surface area contributed by atoms with E-state index in [4.69, 9.17) is 9.72 Å². The summed E-state index contributed by atoms with van der Waals surface area (Å²) in [6.45, 7) is 1.08. The third-order valence-electron chi connectivity index (χ3n) is 4.03. The normalized spacial score (nSPS) is 13.7. The summed E-state index contributed by atoms with van der Waals surface area (Å²) in [5.41, 5.74) is 4.65. The number of aryl methyl sites for hydroxylation is 2. The van der Waals surface area contributed by atoms with E-state index in [9.17, 15) is 0 Å². The van der Waals surface area contributed by atoms with Crippen LogP contribution >= 0.6 is 0 Å². The van der Waals surface area contributed by atoms with E-state index in [1.807, 2.05) is 18.2 Å². The number of fused-ring (bicyclic) bond motifs is 3. The molecule has 2 aromatic carbocycles. The molecule has 20 heavy (non-hydrogen) atoms. The summed E-state index contributed by atoms with van der Waals surface area (Å²) < 4.78 is 7.81. The van der Waals surface area contributed by atoms with Crippen LogP contribution in [0.5, 0.6) is 5.75 Å². The highest BCUT2D eigenvalue weighted by atomic mass is 16.5. The molecule has 0 atom stereocenters. The number of aromatic nitrogens is 2. The van der Waals surface area contributed by atoms with Gasteiger partial charge in [0.05, 0.1) is 18.1 Å². The van der Waals surface area contributed by atoms with Gasteiger partial charge >= 0.3 is 0 Å². The largest absolute Gasteiger partial charge is 0.496 e. The Morgan fingerprint density at radius 1 is 1.15 bits per heavy atom. The summed E-state index contributed by atoms with van der Waals surface area (Å²) >= 11 is 0. The third kappa shape index (κ3) is 1.63. The van der Waals surface area contributed by atoms with Gasteiger partial charge in [-0.2, -0.15) is 0 Å². The minimum Gasteiger partial charge on any atom is -0.496 e. The van der Waals surface area contributed by atoms with Crippen molar-refractivity contribution in [2.45, 2.75) is 19.4 Å². The molecule has 0 aliphatic carbocycles. The third-order valence-corrected chi connectivity index (χ3v) is 4.03. The smallest absolute Gasteiger partial charge is 0.126 e. The predicted octanol–water partition coefficient (Wildman–Crippen LogP) is 3.66. The maximum Gasteiger partial charge on any atom is 0.126 e. The highest BCUT2D eigenvalue weighted by Gasteiger charge is 2.16. The molecule has 0 N–H and O–H groups in total. The van der Waals surface area contributed by atoms with Crippen LogP contribution in [0.1, 0.15) is 12.2 Å². The topological polar surface area (TPSA) is 27.1 Å². The minimum absolute atomic E-state index is 0.910. The average molecular weight is 264 g/mol. The molecule has 3 nitrogen and oxygen atoms in total. The van der Waals surface area contributed by atoms with Crippen LogP contribution in [-0.2, 0) is 13.0 Å². The van der Waals surface area contributed by atoms with Gasteiger partial charge in [0.1, 0.15) is 11.6 Å². The van der Waals surface area contributed by atoms with E-state index in [-0.39, 0.29) is 0 Å². The van der Waals surface area contributed by atoms with Gasteiger partial charge in [-0.05, 0) is 30.2 Å². The zero-order chi connectivity index (χ0) is 13.5. The van der Waals surface area contributed by atoms with E-state index in [0.717, 1.165) is 29.8 Å². The fourth-order valence-corrected chi connectivity index (χ4v) is 3.06. The minimum atomic E-state index is 0.910. The second-order valence-corrected chi connectivity index (χ2v) is 5.19. The number of benzene rings is 2. The van der Waals surface area contributed by atoms with Crippen LogP contribution in [-0.4, -0.2) is 16.7 Å². The molecule has 0 bridgehead atoms. The van der Waals surface area contributed by atoms with E-state index >= 15 is 0 Å². The van der Waals surface area contributed by atoms with Crippen molar-refractivity contribution < 1.29 is 4.74 Å². The lowest BCUT2D eigenvalue weighted by atomic mass is 10.0. The quantitative estimate of drug-likeness (QED) is 0.706. The summed E-state index contributed by atoms with van der Waals surface area (Å²) in [4.78, 5) is 4.70. The van der Waals surface area contributed by atoms with E-state index in [2.05, 4.69) is 28.8 Å². The predicted molar refractivity (Wildman–Crippen MR) is 80.0 cm³/mol. The Morgan fingerprint density at radius 2 is 2.05 bits per heavy atom. The molecule has 3 heteroatoms. The Hall–Kier alpha value is -2.29. The zero-order valence-electron chi connectivity index (χ0n) is 11.5. The fourth-order valence-electron chi connectivity index (χ4n) is 3.06. The van der Waals surface area contributed by atoms with Crippen LogP contribution < -0.4 is 4.74 Å². The molecule has 0 amide bonds. The maximum absolute atomic E-state index is 5.46. The first-order valence-electron chi connectivity index (χ1n) is 6.99. The van der Waals surface area contributed by atoms with Gasteiger partial charge < -0.3 is 9.30 Å². The molecule has 1 aromatic heterocycles. The Labute approximate surface area is 117 Å². The van der Waals surface area contributed by atoms with Crippen LogP contribution in [0.4, 0.5) is 0 Å². The number of para-hydroxylation sites is 1. The van der Waals surface area contributed by atoms with Crippen molar-refractivity contribution in [1.82, 2.24) is 9.55 Å². The number of methoxy groups -OCH3 is 1. The van der Waals surface area contributed by atoms with E-state index in [0.29, 0.717) is 0 Å². The average Bonchev–Trinajstić information content (AvgIpc) is 3.07. The van der Waals surface area contributed by atoms with Crippen molar-refractivity contribution in [3.05, 3.63) is 48.3 Å². The number of rotatable bonds is 2. The van der Waals surface area contributed by atoms with E-state index in [1.54, 1.807) is 7.11 Å². The van der Waals surface area contributed by atoms with Crippen molar-refractivity contribution in [2.75, 3.05) is 7.11 Å². The van der Waals surface area contributed by atoms with Crippen molar-refractivity contribution in [2.24, 2.45) is 0 Å². The number of hydrogen-bond donors (Lipinski definition) is 0. The van der Waals surface area contributed by atoms with Crippen LogP contribution in [0, 0.1) is 0 Å². The molecule has 0 saturated heterocycles. The van der Waals surface area contributed by atoms with Gasteiger partial charge in [0, 0.05) is 18.5 Å². The molecule has 4 rings (SSSR count).